The van der Waals surface area contributed by atoms with Crippen molar-refractivity contribution in [3.05, 3.63) is 58.6 Å². The van der Waals surface area contributed by atoms with Crippen LogP contribution in [0.15, 0.2) is 58.8 Å². The molecule has 0 radical (unpaired) electrons. The van der Waals surface area contributed by atoms with Gasteiger partial charge < -0.3 is 0 Å². The molecule has 0 aliphatic rings. The Kier molecular flexibility index (Phi) is 4.09. The van der Waals surface area contributed by atoms with Gasteiger partial charge >= 0.3 is 0 Å². The van der Waals surface area contributed by atoms with E-state index in [9.17, 15) is 10.1 Å². The minimum Gasteiger partial charge on any atom is -0.298 e. The van der Waals surface area contributed by atoms with Crippen LogP contribution in [0.3, 0.4) is 0 Å². The molecule has 0 aliphatic carbocycles. The fourth-order valence-corrected chi connectivity index (χ4v) is 1.72. The first-order valence-corrected chi connectivity index (χ1v) is 6.44. The number of nitro benzene ring substituents is 1. The molecule has 0 aliphatic heterocycles. The Labute approximate surface area is 123 Å². The molecule has 0 atom stereocenters. The third-order valence-corrected chi connectivity index (χ3v) is 2.97. The second-order valence-electron chi connectivity index (χ2n) is 5.50. The lowest BCUT2D eigenvalue weighted by Crippen LogP contribution is -2.34. The number of benzene rings is 2. The minimum absolute atomic E-state index is 0.0428. The van der Waals surface area contributed by atoms with Crippen molar-refractivity contribution in [3.8, 4) is 0 Å². The highest BCUT2D eigenvalue weighted by Crippen LogP contribution is 2.24. The summed E-state index contributed by atoms with van der Waals surface area (Å²) in [4.78, 5) is 10.1. The van der Waals surface area contributed by atoms with E-state index in [-0.39, 0.29) is 5.69 Å². The summed E-state index contributed by atoms with van der Waals surface area (Å²) in [6.45, 7) is 0. The second-order valence-corrected chi connectivity index (χ2v) is 5.50. The first kappa shape index (κ1) is 14.8. The van der Waals surface area contributed by atoms with Gasteiger partial charge in [-0.25, -0.2) is 0 Å². The molecular formula is C15H17N4O2+. The topological polar surface area (TPSA) is 67.9 Å². The van der Waals surface area contributed by atoms with Crippen molar-refractivity contribution in [2.75, 3.05) is 21.1 Å². The Balaban J connectivity index is 2.12. The lowest BCUT2D eigenvalue weighted by atomic mass is 10.2. The molecule has 0 aromatic heterocycles. The number of hydrogen-bond acceptors (Lipinski definition) is 4. The fraction of sp³-hybridized carbons (Fsp3) is 0.200. The van der Waals surface area contributed by atoms with Gasteiger partial charge in [-0.3, -0.25) is 14.6 Å². The zero-order valence-corrected chi connectivity index (χ0v) is 12.2. The van der Waals surface area contributed by atoms with Gasteiger partial charge in [-0.2, -0.15) is 10.2 Å². The van der Waals surface area contributed by atoms with E-state index < -0.39 is 4.92 Å². The quantitative estimate of drug-likeness (QED) is 0.365. The number of nitro groups is 1. The van der Waals surface area contributed by atoms with Crippen LogP contribution < -0.4 is 4.48 Å². The maximum atomic E-state index is 10.6. The Morgan fingerprint density at radius 2 is 1.29 bits per heavy atom. The number of non-ortho nitro benzene ring substituents is 1. The van der Waals surface area contributed by atoms with Crippen LogP contribution >= 0.6 is 0 Å². The van der Waals surface area contributed by atoms with Gasteiger partial charge in [0.15, 0.2) is 0 Å². The van der Waals surface area contributed by atoms with Gasteiger partial charge in [0, 0.05) is 24.3 Å². The summed E-state index contributed by atoms with van der Waals surface area (Å²) in [5, 5.41) is 18.7. The SMILES string of the molecule is C[N+](C)(C)c1ccc(N=Nc2ccc([N+](=O)[O-])cc2)cc1. The summed E-state index contributed by atoms with van der Waals surface area (Å²) in [5.41, 5.74) is 2.53. The van der Waals surface area contributed by atoms with Crippen LogP contribution in [0.1, 0.15) is 0 Å². The largest absolute Gasteiger partial charge is 0.298 e. The van der Waals surface area contributed by atoms with Crippen LogP contribution in [0.2, 0.25) is 0 Å². The first-order chi connectivity index (χ1) is 9.86. The average Bonchev–Trinajstić information content (AvgIpc) is 2.45. The highest BCUT2D eigenvalue weighted by Gasteiger charge is 2.10. The Bertz CT molecular complexity index is 656. The van der Waals surface area contributed by atoms with Crippen molar-refractivity contribution < 1.29 is 4.92 Å². The molecule has 0 saturated carbocycles. The van der Waals surface area contributed by atoms with Crippen LogP contribution in [0.4, 0.5) is 22.7 Å². The number of quaternary nitrogens is 1. The molecule has 2 aromatic rings. The van der Waals surface area contributed by atoms with Gasteiger partial charge in [0.2, 0.25) is 0 Å². The van der Waals surface area contributed by atoms with E-state index in [2.05, 4.69) is 31.4 Å². The second kappa shape index (κ2) is 5.80. The number of hydrogen-bond donors (Lipinski definition) is 0. The predicted octanol–water partition coefficient (Wildman–Crippen LogP) is 4.21. The Hall–Kier alpha value is -2.60. The van der Waals surface area contributed by atoms with Crippen molar-refractivity contribution in [2.45, 2.75) is 0 Å². The van der Waals surface area contributed by atoms with Crippen LogP contribution in [0, 0.1) is 10.1 Å². The maximum absolute atomic E-state index is 10.6. The van der Waals surface area contributed by atoms with E-state index in [1.807, 2.05) is 24.3 Å². The minimum atomic E-state index is -0.440. The zero-order valence-electron chi connectivity index (χ0n) is 12.2. The van der Waals surface area contributed by atoms with Crippen molar-refractivity contribution in [2.24, 2.45) is 10.2 Å². The van der Waals surface area contributed by atoms with Crippen LogP contribution in [-0.2, 0) is 0 Å². The van der Waals surface area contributed by atoms with Crippen molar-refractivity contribution in [3.63, 3.8) is 0 Å². The molecule has 0 fully saturated rings. The van der Waals surface area contributed by atoms with E-state index >= 15 is 0 Å². The highest BCUT2D eigenvalue weighted by molar-refractivity contribution is 5.50. The fourth-order valence-electron chi connectivity index (χ4n) is 1.72. The average molecular weight is 285 g/mol. The van der Waals surface area contributed by atoms with Gasteiger partial charge in [0.25, 0.3) is 5.69 Å². The molecule has 6 nitrogen and oxygen atoms in total. The molecule has 2 rings (SSSR count). The van der Waals surface area contributed by atoms with Gasteiger partial charge in [-0.1, -0.05) is 0 Å². The third-order valence-electron chi connectivity index (χ3n) is 2.97. The van der Waals surface area contributed by atoms with Gasteiger partial charge in [-0.05, 0) is 24.3 Å². The number of azo groups is 1. The first-order valence-electron chi connectivity index (χ1n) is 6.44. The lowest BCUT2D eigenvalue weighted by Gasteiger charge is -2.23. The molecule has 0 unspecified atom stereocenters. The highest BCUT2D eigenvalue weighted by atomic mass is 16.6. The molecule has 108 valence electrons. The number of rotatable bonds is 4. The molecule has 0 saturated heterocycles. The molecule has 0 bridgehead atoms. The van der Waals surface area contributed by atoms with Crippen LogP contribution in [-0.4, -0.2) is 26.1 Å². The molecule has 0 N–H and O–H groups in total. The predicted molar refractivity (Wildman–Crippen MR) is 83.3 cm³/mol. The van der Waals surface area contributed by atoms with Gasteiger partial charge in [0.05, 0.1) is 37.4 Å². The van der Waals surface area contributed by atoms with Crippen molar-refractivity contribution >= 4 is 22.7 Å². The Morgan fingerprint density at radius 3 is 1.67 bits per heavy atom. The molecule has 21 heavy (non-hydrogen) atoms. The summed E-state index contributed by atoms with van der Waals surface area (Å²) in [7, 11) is 6.27. The summed E-state index contributed by atoms with van der Waals surface area (Å²) < 4.78 is 0.736. The summed E-state index contributed by atoms with van der Waals surface area (Å²) >= 11 is 0. The molecule has 0 amide bonds. The van der Waals surface area contributed by atoms with E-state index in [0.29, 0.717) is 5.69 Å². The van der Waals surface area contributed by atoms with E-state index in [0.717, 1.165) is 10.2 Å². The normalized spacial score (nSPS) is 11.8. The maximum Gasteiger partial charge on any atom is 0.269 e. The molecule has 2 aromatic carbocycles. The van der Waals surface area contributed by atoms with Crippen molar-refractivity contribution in [1.29, 1.82) is 0 Å². The van der Waals surface area contributed by atoms with Crippen LogP contribution in [0.25, 0.3) is 0 Å². The Morgan fingerprint density at radius 1 is 0.857 bits per heavy atom. The standard InChI is InChI=1S/C15H17N4O2/c1-19(2,3)15-10-6-13(7-11-15)17-16-12-4-8-14(9-5-12)18(20)21/h4-11H,1-3H3/q+1. The van der Waals surface area contributed by atoms with E-state index in [1.54, 1.807) is 12.1 Å². The molecule has 0 heterocycles. The van der Waals surface area contributed by atoms with E-state index in [4.69, 9.17) is 0 Å². The zero-order chi connectivity index (χ0) is 15.5. The summed E-state index contributed by atoms with van der Waals surface area (Å²) in [6.07, 6.45) is 0. The summed E-state index contributed by atoms with van der Waals surface area (Å²) in [6, 6.07) is 13.8. The van der Waals surface area contributed by atoms with Crippen LogP contribution in [0.5, 0.6) is 0 Å². The third kappa shape index (κ3) is 3.93. The smallest absolute Gasteiger partial charge is 0.269 e. The number of nitrogens with zero attached hydrogens (tertiary/aromatic N) is 4. The molecule has 0 spiro atoms. The van der Waals surface area contributed by atoms with E-state index in [1.165, 1.54) is 17.8 Å². The van der Waals surface area contributed by atoms with Gasteiger partial charge in [-0.15, -0.1) is 0 Å². The lowest BCUT2D eigenvalue weighted by molar-refractivity contribution is -0.384. The monoisotopic (exact) mass is 285 g/mol. The van der Waals surface area contributed by atoms with Crippen molar-refractivity contribution in [1.82, 2.24) is 4.48 Å². The van der Waals surface area contributed by atoms with Gasteiger partial charge in [0.1, 0.15) is 5.69 Å². The summed E-state index contributed by atoms with van der Waals surface area (Å²) in [5.74, 6) is 0. The molecular weight excluding hydrogens is 268 g/mol. The molecule has 6 heteroatoms.